The van der Waals surface area contributed by atoms with Crippen molar-refractivity contribution >= 4 is 0 Å². The van der Waals surface area contributed by atoms with Crippen LogP contribution in [0, 0.1) is 5.82 Å². The topological polar surface area (TPSA) is 30.5 Å². The Hall–Kier alpha value is -2.07. The zero-order valence-electron chi connectivity index (χ0n) is 11.8. The molecule has 106 valence electrons. The zero-order valence-corrected chi connectivity index (χ0v) is 11.8. The normalized spacial score (nSPS) is 12.0. The summed E-state index contributed by atoms with van der Waals surface area (Å²) < 4.78 is 24.8. The number of nitrogens with one attached hydrogen (secondary N) is 1. The second-order valence-electron chi connectivity index (χ2n) is 4.45. The predicted molar refractivity (Wildman–Crippen MR) is 76.9 cm³/mol. The molecule has 0 fully saturated rings. The van der Waals surface area contributed by atoms with Gasteiger partial charge >= 0.3 is 0 Å². The molecule has 1 N–H and O–H groups in total. The van der Waals surface area contributed by atoms with Gasteiger partial charge in [-0.05, 0) is 43.8 Å². The maximum absolute atomic E-state index is 14.1. The van der Waals surface area contributed by atoms with E-state index < -0.39 is 5.82 Å². The fraction of sp³-hybridized carbons (Fsp3) is 0.250. The van der Waals surface area contributed by atoms with E-state index in [1.165, 1.54) is 6.07 Å². The van der Waals surface area contributed by atoms with Crippen LogP contribution in [0.2, 0.25) is 0 Å². The van der Waals surface area contributed by atoms with Crippen LogP contribution >= 0.6 is 0 Å². The molecule has 0 radical (unpaired) electrons. The molecule has 0 amide bonds. The molecule has 2 rings (SSSR count). The minimum absolute atomic E-state index is 0.0878. The van der Waals surface area contributed by atoms with E-state index in [-0.39, 0.29) is 11.8 Å². The predicted octanol–water partition coefficient (Wildman–Crippen LogP) is 3.91. The lowest BCUT2D eigenvalue weighted by atomic mass is 10.1. The number of methoxy groups -OCH3 is 1. The standard InChI is InChI=1S/C16H18FNO2/c1-11(18-2)12-8-9-14(13(17)10-12)20-16-7-5-4-6-15(16)19-3/h4-11,18H,1-3H3. The van der Waals surface area contributed by atoms with Crippen molar-refractivity contribution in [2.45, 2.75) is 13.0 Å². The molecule has 0 aliphatic heterocycles. The van der Waals surface area contributed by atoms with Gasteiger partial charge in [0.05, 0.1) is 7.11 Å². The second-order valence-corrected chi connectivity index (χ2v) is 4.45. The van der Waals surface area contributed by atoms with E-state index in [0.717, 1.165) is 5.56 Å². The molecule has 0 aliphatic rings. The molecule has 2 aromatic rings. The number of ether oxygens (including phenoxy) is 2. The largest absolute Gasteiger partial charge is 0.493 e. The highest BCUT2D eigenvalue weighted by molar-refractivity contribution is 5.43. The van der Waals surface area contributed by atoms with E-state index in [9.17, 15) is 4.39 Å². The zero-order chi connectivity index (χ0) is 14.5. The fourth-order valence-corrected chi connectivity index (χ4v) is 1.86. The molecule has 1 atom stereocenters. The Balaban J connectivity index is 2.26. The molecule has 1 unspecified atom stereocenters. The first-order chi connectivity index (χ1) is 9.65. The molecule has 0 saturated carbocycles. The minimum Gasteiger partial charge on any atom is -0.493 e. The molecule has 4 heteroatoms. The third kappa shape index (κ3) is 3.08. The van der Waals surface area contributed by atoms with Crippen LogP contribution in [-0.4, -0.2) is 14.2 Å². The van der Waals surface area contributed by atoms with Gasteiger partial charge < -0.3 is 14.8 Å². The van der Waals surface area contributed by atoms with Gasteiger partial charge in [-0.3, -0.25) is 0 Å². The molecule has 0 heterocycles. The Labute approximate surface area is 118 Å². The van der Waals surface area contributed by atoms with E-state index >= 15 is 0 Å². The summed E-state index contributed by atoms with van der Waals surface area (Å²) in [7, 11) is 3.39. The lowest BCUT2D eigenvalue weighted by Crippen LogP contribution is -2.12. The Kier molecular flexibility index (Phi) is 4.58. The first kappa shape index (κ1) is 14.3. The quantitative estimate of drug-likeness (QED) is 0.897. The highest BCUT2D eigenvalue weighted by atomic mass is 19.1. The summed E-state index contributed by atoms with van der Waals surface area (Å²) in [4.78, 5) is 0. The van der Waals surface area contributed by atoms with Crippen LogP contribution in [0.25, 0.3) is 0 Å². The van der Waals surface area contributed by atoms with Crippen molar-refractivity contribution in [1.29, 1.82) is 0 Å². The summed E-state index contributed by atoms with van der Waals surface area (Å²) in [6.07, 6.45) is 0. The highest BCUT2D eigenvalue weighted by Crippen LogP contribution is 2.32. The number of para-hydroxylation sites is 2. The molecule has 0 spiro atoms. The maximum Gasteiger partial charge on any atom is 0.169 e. The molecule has 2 aromatic carbocycles. The summed E-state index contributed by atoms with van der Waals surface area (Å²) in [5, 5.41) is 3.07. The molecule has 0 bridgehead atoms. The van der Waals surface area contributed by atoms with Gasteiger partial charge in [-0.1, -0.05) is 18.2 Å². The Bertz CT molecular complexity index is 586. The first-order valence-electron chi connectivity index (χ1n) is 6.43. The summed E-state index contributed by atoms with van der Waals surface area (Å²) in [6.45, 7) is 1.97. The van der Waals surface area contributed by atoms with Gasteiger partial charge in [0.1, 0.15) is 0 Å². The third-order valence-corrected chi connectivity index (χ3v) is 3.18. The number of hydrogen-bond donors (Lipinski definition) is 1. The molecular formula is C16H18FNO2. The number of rotatable bonds is 5. The number of benzene rings is 2. The molecule has 20 heavy (non-hydrogen) atoms. The summed E-state index contributed by atoms with van der Waals surface area (Å²) >= 11 is 0. The lowest BCUT2D eigenvalue weighted by Gasteiger charge is -2.14. The number of halogens is 1. The Morgan fingerprint density at radius 2 is 1.75 bits per heavy atom. The van der Waals surface area contributed by atoms with E-state index in [2.05, 4.69) is 5.32 Å². The van der Waals surface area contributed by atoms with Crippen molar-refractivity contribution in [3.8, 4) is 17.2 Å². The van der Waals surface area contributed by atoms with Gasteiger partial charge in [0, 0.05) is 6.04 Å². The molecule has 0 saturated heterocycles. The monoisotopic (exact) mass is 275 g/mol. The second kappa shape index (κ2) is 6.39. The van der Waals surface area contributed by atoms with Crippen molar-refractivity contribution in [1.82, 2.24) is 5.32 Å². The average Bonchev–Trinajstić information content (AvgIpc) is 2.49. The van der Waals surface area contributed by atoms with E-state index in [4.69, 9.17) is 9.47 Å². The Morgan fingerprint density at radius 1 is 1.05 bits per heavy atom. The summed E-state index contributed by atoms with van der Waals surface area (Å²) in [6, 6.07) is 12.2. The summed E-state index contributed by atoms with van der Waals surface area (Å²) in [5.74, 6) is 0.847. The number of hydrogen-bond acceptors (Lipinski definition) is 3. The van der Waals surface area contributed by atoms with Gasteiger partial charge in [0.25, 0.3) is 0 Å². The van der Waals surface area contributed by atoms with Gasteiger partial charge in [-0.2, -0.15) is 0 Å². The van der Waals surface area contributed by atoms with Gasteiger partial charge in [-0.15, -0.1) is 0 Å². The first-order valence-corrected chi connectivity index (χ1v) is 6.43. The lowest BCUT2D eigenvalue weighted by molar-refractivity contribution is 0.370. The summed E-state index contributed by atoms with van der Waals surface area (Å²) in [5.41, 5.74) is 0.873. The van der Waals surface area contributed by atoms with Crippen molar-refractivity contribution < 1.29 is 13.9 Å². The fourth-order valence-electron chi connectivity index (χ4n) is 1.86. The van der Waals surface area contributed by atoms with Crippen LogP contribution in [-0.2, 0) is 0 Å². The Morgan fingerprint density at radius 3 is 2.35 bits per heavy atom. The highest BCUT2D eigenvalue weighted by Gasteiger charge is 2.11. The van der Waals surface area contributed by atoms with Crippen LogP contribution in [0.5, 0.6) is 17.2 Å². The minimum atomic E-state index is -0.393. The van der Waals surface area contributed by atoms with Crippen LogP contribution < -0.4 is 14.8 Å². The molecule has 0 aromatic heterocycles. The van der Waals surface area contributed by atoms with E-state index in [1.54, 1.807) is 25.3 Å². The third-order valence-electron chi connectivity index (χ3n) is 3.18. The maximum atomic E-state index is 14.1. The van der Waals surface area contributed by atoms with Crippen molar-refractivity contribution in [2.75, 3.05) is 14.2 Å². The van der Waals surface area contributed by atoms with Crippen LogP contribution in [0.3, 0.4) is 0 Å². The van der Waals surface area contributed by atoms with Crippen LogP contribution in [0.4, 0.5) is 4.39 Å². The molecular weight excluding hydrogens is 257 g/mol. The molecule has 0 aliphatic carbocycles. The van der Waals surface area contributed by atoms with Gasteiger partial charge in [0.2, 0.25) is 0 Å². The van der Waals surface area contributed by atoms with E-state index in [1.807, 2.05) is 32.2 Å². The van der Waals surface area contributed by atoms with Crippen molar-refractivity contribution in [3.63, 3.8) is 0 Å². The van der Waals surface area contributed by atoms with Crippen molar-refractivity contribution in [2.24, 2.45) is 0 Å². The van der Waals surface area contributed by atoms with Crippen LogP contribution in [0.15, 0.2) is 42.5 Å². The van der Waals surface area contributed by atoms with E-state index in [0.29, 0.717) is 11.5 Å². The SMILES string of the molecule is CNC(C)c1ccc(Oc2ccccc2OC)c(F)c1. The van der Waals surface area contributed by atoms with Crippen molar-refractivity contribution in [3.05, 3.63) is 53.8 Å². The molecule has 3 nitrogen and oxygen atoms in total. The van der Waals surface area contributed by atoms with Gasteiger partial charge in [0.15, 0.2) is 23.1 Å². The average molecular weight is 275 g/mol. The smallest absolute Gasteiger partial charge is 0.169 e. The van der Waals surface area contributed by atoms with Crippen LogP contribution in [0.1, 0.15) is 18.5 Å². The van der Waals surface area contributed by atoms with Gasteiger partial charge in [-0.25, -0.2) is 4.39 Å².